The van der Waals surface area contributed by atoms with Crippen LogP contribution in [0.4, 0.5) is 10.8 Å². The van der Waals surface area contributed by atoms with Gasteiger partial charge in [-0.05, 0) is 40.2 Å². The summed E-state index contributed by atoms with van der Waals surface area (Å²) in [6, 6.07) is 7.72. The monoisotopic (exact) mass is 284 g/mol. The predicted octanol–water partition coefficient (Wildman–Crippen LogP) is 3.66. The number of aromatic nitrogens is 1. The molecule has 15 heavy (non-hydrogen) atoms. The minimum Gasteiger partial charge on any atom is -0.497 e. The summed E-state index contributed by atoms with van der Waals surface area (Å²) < 4.78 is 6.09. The lowest BCUT2D eigenvalue weighted by Crippen LogP contribution is -1.89. The van der Waals surface area contributed by atoms with Gasteiger partial charge in [-0.3, -0.25) is 0 Å². The molecule has 0 radical (unpaired) electrons. The lowest BCUT2D eigenvalue weighted by atomic mass is 10.3. The SMILES string of the molecule is COc1ccc(Nc2ncc(Br)s2)cc1. The average molecular weight is 285 g/mol. The van der Waals surface area contributed by atoms with Crippen molar-refractivity contribution in [2.75, 3.05) is 12.4 Å². The molecular formula is C10H9BrN2OS. The molecule has 1 aromatic carbocycles. The lowest BCUT2D eigenvalue weighted by Gasteiger charge is -2.03. The van der Waals surface area contributed by atoms with E-state index in [1.54, 1.807) is 24.6 Å². The second kappa shape index (κ2) is 4.63. The van der Waals surface area contributed by atoms with Gasteiger partial charge in [0.2, 0.25) is 0 Å². The summed E-state index contributed by atoms with van der Waals surface area (Å²) in [5, 5.41) is 4.07. The Kier molecular flexibility index (Phi) is 3.23. The van der Waals surface area contributed by atoms with E-state index in [4.69, 9.17) is 4.74 Å². The normalized spacial score (nSPS) is 10.0. The quantitative estimate of drug-likeness (QED) is 0.934. The van der Waals surface area contributed by atoms with Crippen LogP contribution < -0.4 is 10.1 Å². The maximum Gasteiger partial charge on any atom is 0.188 e. The van der Waals surface area contributed by atoms with E-state index >= 15 is 0 Å². The number of benzene rings is 1. The van der Waals surface area contributed by atoms with Gasteiger partial charge < -0.3 is 10.1 Å². The van der Waals surface area contributed by atoms with Crippen LogP contribution in [-0.2, 0) is 0 Å². The van der Waals surface area contributed by atoms with Crippen LogP contribution >= 0.6 is 27.3 Å². The fraction of sp³-hybridized carbons (Fsp3) is 0.100. The van der Waals surface area contributed by atoms with E-state index in [-0.39, 0.29) is 0 Å². The third kappa shape index (κ3) is 2.70. The van der Waals surface area contributed by atoms with Crippen LogP contribution in [0.25, 0.3) is 0 Å². The highest BCUT2D eigenvalue weighted by Crippen LogP contribution is 2.26. The molecule has 0 unspecified atom stereocenters. The predicted molar refractivity (Wildman–Crippen MR) is 66.1 cm³/mol. The first-order valence-corrected chi connectivity index (χ1v) is 5.91. The van der Waals surface area contributed by atoms with Crippen LogP contribution in [-0.4, -0.2) is 12.1 Å². The molecule has 1 aromatic heterocycles. The van der Waals surface area contributed by atoms with Gasteiger partial charge in [-0.15, -0.1) is 0 Å². The highest BCUT2D eigenvalue weighted by Gasteiger charge is 1.99. The van der Waals surface area contributed by atoms with Gasteiger partial charge in [0.15, 0.2) is 5.13 Å². The smallest absolute Gasteiger partial charge is 0.188 e. The van der Waals surface area contributed by atoms with Gasteiger partial charge in [0.1, 0.15) is 5.75 Å². The van der Waals surface area contributed by atoms with Crippen LogP contribution in [0.15, 0.2) is 34.2 Å². The van der Waals surface area contributed by atoms with Gasteiger partial charge in [-0.25, -0.2) is 4.98 Å². The summed E-state index contributed by atoms with van der Waals surface area (Å²) in [5.74, 6) is 0.848. The standard InChI is InChI=1S/C10H9BrN2OS/c1-14-8-4-2-7(3-5-8)13-10-12-6-9(11)15-10/h2-6H,1H3,(H,12,13). The van der Waals surface area contributed by atoms with Crippen molar-refractivity contribution in [3.05, 3.63) is 34.2 Å². The summed E-state index contributed by atoms with van der Waals surface area (Å²) >= 11 is 4.92. The number of hydrogen-bond donors (Lipinski definition) is 1. The first-order valence-electron chi connectivity index (χ1n) is 4.30. The third-order valence-corrected chi connectivity index (χ3v) is 3.21. The molecule has 78 valence electrons. The molecule has 0 aliphatic heterocycles. The summed E-state index contributed by atoms with van der Waals surface area (Å²) in [7, 11) is 1.65. The molecule has 1 heterocycles. The van der Waals surface area contributed by atoms with Crippen molar-refractivity contribution < 1.29 is 4.74 Å². The molecule has 0 spiro atoms. The van der Waals surface area contributed by atoms with Crippen LogP contribution in [0.3, 0.4) is 0 Å². The summed E-state index contributed by atoms with van der Waals surface area (Å²) in [4.78, 5) is 4.18. The largest absolute Gasteiger partial charge is 0.497 e. The second-order valence-electron chi connectivity index (χ2n) is 2.82. The van der Waals surface area contributed by atoms with E-state index in [0.717, 1.165) is 20.4 Å². The van der Waals surface area contributed by atoms with E-state index in [0.29, 0.717) is 0 Å². The highest BCUT2D eigenvalue weighted by molar-refractivity contribution is 9.11. The molecule has 2 aromatic rings. The first-order chi connectivity index (χ1) is 7.28. The molecule has 0 saturated heterocycles. The van der Waals surface area contributed by atoms with Gasteiger partial charge in [0.05, 0.1) is 17.1 Å². The molecule has 0 bridgehead atoms. The topological polar surface area (TPSA) is 34.1 Å². The number of thiazole rings is 1. The molecule has 5 heteroatoms. The number of ether oxygens (including phenoxy) is 1. The Bertz CT molecular complexity index is 441. The van der Waals surface area contributed by atoms with Gasteiger partial charge in [-0.1, -0.05) is 11.3 Å². The van der Waals surface area contributed by atoms with Crippen molar-refractivity contribution in [1.29, 1.82) is 0 Å². The molecule has 0 aliphatic rings. The number of hydrogen-bond acceptors (Lipinski definition) is 4. The zero-order valence-electron chi connectivity index (χ0n) is 8.03. The first kappa shape index (κ1) is 10.4. The number of halogens is 1. The van der Waals surface area contributed by atoms with Gasteiger partial charge in [0.25, 0.3) is 0 Å². The molecule has 2 rings (SSSR count). The molecule has 0 atom stereocenters. The number of nitrogens with one attached hydrogen (secondary N) is 1. The van der Waals surface area contributed by atoms with Gasteiger partial charge in [0, 0.05) is 5.69 Å². The zero-order valence-corrected chi connectivity index (χ0v) is 10.4. The maximum absolute atomic E-state index is 5.08. The third-order valence-electron chi connectivity index (χ3n) is 1.82. The average Bonchev–Trinajstić information content (AvgIpc) is 2.65. The van der Waals surface area contributed by atoms with Gasteiger partial charge >= 0.3 is 0 Å². The second-order valence-corrected chi connectivity index (χ2v) is 5.23. The van der Waals surface area contributed by atoms with Crippen molar-refractivity contribution in [3.8, 4) is 5.75 Å². The van der Waals surface area contributed by atoms with Crippen LogP contribution in [0.5, 0.6) is 5.75 Å². The summed E-state index contributed by atoms with van der Waals surface area (Å²) in [6.07, 6.45) is 1.77. The Morgan fingerprint density at radius 1 is 1.33 bits per heavy atom. The summed E-state index contributed by atoms with van der Waals surface area (Å²) in [6.45, 7) is 0. The van der Waals surface area contributed by atoms with E-state index in [2.05, 4.69) is 26.2 Å². The van der Waals surface area contributed by atoms with Crippen LogP contribution in [0.1, 0.15) is 0 Å². The van der Waals surface area contributed by atoms with E-state index in [9.17, 15) is 0 Å². The summed E-state index contributed by atoms with van der Waals surface area (Å²) in [5.41, 5.74) is 0.998. The molecule has 0 saturated carbocycles. The Balaban J connectivity index is 2.11. The minimum absolute atomic E-state index is 0.848. The van der Waals surface area contributed by atoms with E-state index in [1.165, 1.54) is 0 Å². The fourth-order valence-electron chi connectivity index (χ4n) is 1.11. The van der Waals surface area contributed by atoms with Crippen molar-refractivity contribution in [2.45, 2.75) is 0 Å². The maximum atomic E-state index is 5.08. The van der Waals surface area contributed by atoms with Crippen LogP contribution in [0.2, 0.25) is 0 Å². The molecule has 0 amide bonds. The zero-order chi connectivity index (χ0) is 10.7. The Labute approximate surface area is 100 Å². The molecule has 1 N–H and O–H groups in total. The minimum atomic E-state index is 0.848. The Morgan fingerprint density at radius 2 is 2.07 bits per heavy atom. The highest BCUT2D eigenvalue weighted by atomic mass is 79.9. The Hall–Kier alpha value is -1.07. The van der Waals surface area contributed by atoms with Gasteiger partial charge in [-0.2, -0.15) is 0 Å². The van der Waals surface area contributed by atoms with E-state index in [1.807, 2.05) is 24.3 Å². The van der Waals surface area contributed by atoms with Crippen molar-refractivity contribution in [2.24, 2.45) is 0 Å². The Morgan fingerprint density at radius 3 is 2.60 bits per heavy atom. The number of anilines is 2. The fourth-order valence-corrected chi connectivity index (χ4v) is 2.24. The van der Waals surface area contributed by atoms with Crippen molar-refractivity contribution in [1.82, 2.24) is 4.98 Å². The van der Waals surface area contributed by atoms with E-state index < -0.39 is 0 Å². The molecule has 0 aliphatic carbocycles. The van der Waals surface area contributed by atoms with Crippen molar-refractivity contribution in [3.63, 3.8) is 0 Å². The molecule has 0 fully saturated rings. The number of nitrogens with zero attached hydrogens (tertiary/aromatic N) is 1. The number of rotatable bonds is 3. The van der Waals surface area contributed by atoms with Crippen LogP contribution in [0, 0.1) is 0 Å². The van der Waals surface area contributed by atoms with Crippen molar-refractivity contribution >= 4 is 38.1 Å². The molecule has 3 nitrogen and oxygen atoms in total. The molecular weight excluding hydrogens is 276 g/mol. The number of methoxy groups -OCH3 is 1. The lowest BCUT2D eigenvalue weighted by molar-refractivity contribution is 0.415.